The van der Waals surface area contributed by atoms with Crippen molar-refractivity contribution >= 4 is 22.8 Å². The fraction of sp³-hybridized carbons (Fsp3) is 0.0952. The largest absolute Gasteiger partial charge is 0.573 e. The highest BCUT2D eigenvalue weighted by Crippen LogP contribution is 2.24. The van der Waals surface area contributed by atoms with Gasteiger partial charge in [0.15, 0.2) is 0 Å². The average molecular weight is 412 g/mol. The summed E-state index contributed by atoms with van der Waals surface area (Å²) in [6.07, 6.45) is 1.04. The molecule has 1 aromatic carbocycles. The van der Waals surface area contributed by atoms with Gasteiger partial charge in [-0.2, -0.15) is 0 Å². The Bertz CT molecular complexity index is 1190. The van der Waals surface area contributed by atoms with Crippen LogP contribution in [0.15, 0.2) is 67.1 Å². The number of nitrogens with zero attached hydrogens (tertiary/aromatic N) is 2. The van der Waals surface area contributed by atoms with E-state index < -0.39 is 18.0 Å². The van der Waals surface area contributed by atoms with E-state index in [4.69, 9.17) is 0 Å². The van der Waals surface area contributed by atoms with Gasteiger partial charge in [-0.3, -0.25) is 4.79 Å². The molecule has 0 spiro atoms. The number of benzene rings is 1. The second-order valence-corrected chi connectivity index (χ2v) is 6.47. The summed E-state index contributed by atoms with van der Waals surface area (Å²) in [6, 6.07) is 12.1. The molecule has 0 bridgehead atoms. The van der Waals surface area contributed by atoms with E-state index in [0.29, 0.717) is 6.42 Å². The third kappa shape index (κ3) is 4.57. The average Bonchev–Trinajstić information content (AvgIpc) is 3.11. The van der Waals surface area contributed by atoms with Gasteiger partial charge in [0.1, 0.15) is 17.2 Å². The minimum absolute atomic E-state index is 0.0221. The van der Waals surface area contributed by atoms with Gasteiger partial charge in [-0.1, -0.05) is 12.1 Å². The number of nitrogens with one attached hydrogen (secondary N) is 2. The molecule has 0 aliphatic carbocycles. The minimum Gasteiger partial charge on any atom is -0.406 e. The van der Waals surface area contributed by atoms with Crippen LogP contribution in [-0.2, 0) is 6.42 Å². The van der Waals surface area contributed by atoms with E-state index in [1.807, 2.05) is 24.4 Å². The summed E-state index contributed by atoms with van der Waals surface area (Å²) in [7, 11) is 0. The van der Waals surface area contributed by atoms with Gasteiger partial charge >= 0.3 is 6.36 Å². The number of anilines is 1. The molecule has 0 fully saturated rings. The lowest BCUT2D eigenvalue weighted by atomic mass is 10.1. The van der Waals surface area contributed by atoms with Crippen LogP contribution >= 0.6 is 0 Å². The van der Waals surface area contributed by atoms with Gasteiger partial charge in [-0.05, 0) is 47.5 Å². The zero-order valence-corrected chi connectivity index (χ0v) is 15.4. The van der Waals surface area contributed by atoms with Gasteiger partial charge in [0.25, 0.3) is 5.91 Å². The Kier molecular flexibility index (Phi) is 5.09. The third-order valence-electron chi connectivity index (χ3n) is 4.33. The molecular formula is C21H15F3N4O2. The van der Waals surface area contributed by atoms with Gasteiger partial charge in [0.2, 0.25) is 0 Å². The van der Waals surface area contributed by atoms with Gasteiger partial charge in [-0.15, -0.1) is 13.2 Å². The molecule has 0 atom stereocenters. The Morgan fingerprint density at radius 1 is 1.10 bits per heavy atom. The van der Waals surface area contributed by atoms with Crippen LogP contribution in [0.4, 0.5) is 19.0 Å². The van der Waals surface area contributed by atoms with Crippen molar-refractivity contribution in [2.24, 2.45) is 0 Å². The predicted octanol–water partition coefficient (Wildman–Crippen LogP) is 4.70. The number of hydrogen-bond acceptors (Lipinski definition) is 4. The molecule has 3 aromatic heterocycles. The second kappa shape index (κ2) is 7.86. The minimum atomic E-state index is -4.83. The van der Waals surface area contributed by atoms with E-state index in [0.717, 1.165) is 34.3 Å². The fourth-order valence-electron chi connectivity index (χ4n) is 3.00. The zero-order chi connectivity index (χ0) is 21.1. The van der Waals surface area contributed by atoms with Crippen molar-refractivity contribution in [3.8, 4) is 5.75 Å². The lowest BCUT2D eigenvalue weighted by Crippen LogP contribution is -2.18. The molecule has 30 heavy (non-hydrogen) atoms. The van der Waals surface area contributed by atoms with Gasteiger partial charge in [-0.25, -0.2) is 9.97 Å². The summed E-state index contributed by atoms with van der Waals surface area (Å²) in [4.78, 5) is 23.9. The van der Waals surface area contributed by atoms with Crippen molar-refractivity contribution in [3.05, 3.63) is 83.8 Å². The highest BCUT2D eigenvalue weighted by Gasteiger charge is 2.31. The number of pyridine rings is 2. The van der Waals surface area contributed by atoms with Crippen molar-refractivity contribution in [2.75, 3.05) is 5.32 Å². The van der Waals surface area contributed by atoms with Crippen molar-refractivity contribution in [3.63, 3.8) is 0 Å². The molecule has 2 N–H and O–H groups in total. The summed E-state index contributed by atoms with van der Waals surface area (Å²) in [5, 5.41) is 3.58. The number of rotatable bonds is 5. The first kappa shape index (κ1) is 19.4. The molecule has 0 aliphatic heterocycles. The number of ether oxygens (including phenoxy) is 1. The van der Waals surface area contributed by atoms with Gasteiger partial charge < -0.3 is 15.0 Å². The number of alkyl halides is 3. The normalized spacial score (nSPS) is 11.4. The summed E-state index contributed by atoms with van der Waals surface area (Å²) >= 11 is 0. The molecule has 4 aromatic rings. The van der Waals surface area contributed by atoms with Crippen LogP contribution in [-0.4, -0.2) is 27.2 Å². The van der Waals surface area contributed by atoms with E-state index >= 15 is 0 Å². The number of H-pyrrole nitrogens is 1. The summed E-state index contributed by atoms with van der Waals surface area (Å²) in [5.41, 5.74) is 2.83. The molecule has 9 heteroatoms. The quantitative estimate of drug-likeness (QED) is 0.498. The maximum absolute atomic E-state index is 12.3. The SMILES string of the molecule is O=C(Nc1ccc(Cc2c[nH]c3ncccc23)cn1)c1cccc(OC(F)(F)F)c1. The van der Waals surface area contributed by atoms with Crippen LogP contribution in [0.1, 0.15) is 21.5 Å². The predicted molar refractivity (Wildman–Crippen MR) is 104 cm³/mol. The first-order valence-electron chi connectivity index (χ1n) is 8.90. The van der Waals surface area contributed by atoms with E-state index in [1.165, 1.54) is 12.1 Å². The summed E-state index contributed by atoms with van der Waals surface area (Å²) in [5.74, 6) is -0.774. The summed E-state index contributed by atoms with van der Waals surface area (Å²) < 4.78 is 40.9. The molecule has 0 unspecified atom stereocenters. The van der Waals surface area contributed by atoms with Gasteiger partial charge in [0, 0.05) is 36.0 Å². The number of carbonyl (C=O) groups is 1. The Hall–Kier alpha value is -3.88. The van der Waals surface area contributed by atoms with Crippen molar-refractivity contribution in [1.29, 1.82) is 0 Å². The lowest BCUT2D eigenvalue weighted by molar-refractivity contribution is -0.274. The fourth-order valence-corrected chi connectivity index (χ4v) is 3.00. The maximum Gasteiger partial charge on any atom is 0.573 e. The molecule has 6 nitrogen and oxygen atoms in total. The first-order chi connectivity index (χ1) is 14.4. The molecule has 0 saturated heterocycles. The lowest BCUT2D eigenvalue weighted by Gasteiger charge is -2.10. The molecule has 3 heterocycles. The Labute approximate surface area is 168 Å². The molecule has 0 saturated carbocycles. The van der Waals surface area contributed by atoms with Crippen LogP contribution in [0.25, 0.3) is 11.0 Å². The Morgan fingerprint density at radius 3 is 2.73 bits per heavy atom. The topological polar surface area (TPSA) is 79.9 Å². The Balaban J connectivity index is 1.43. The van der Waals surface area contributed by atoms with Crippen molar-refractivity contribution in [2.45, 2.75) is 12.8 Å². The van der Waals surface area contributed by atoms with Crippen LogP contribution < -0.4 is 10.1 Å². The van der Waals surface area contributed by atoms with E-state index in [-0.39, 0.29) is 11.4 Å². The number of fused-ring (bicyclic) bond motifs is 1. The standard InChI is InChI=1S/C21H15F3N4O2/c22-21(23,24)30-16-4-1-3-14(10-16)20(29)28-18-7-6-13(11-26-18)9-15-12-27-19-17(15)5-2-8-25-19/h1-8,10-12H,9H2,(H,25,27)(H,26,28,29). The number of aromatic amines is 1. The summed E-state index contributed by atoms with van der Waals surface area (Å²) in [6.45, 7) is 0. The van der Waals surface area contributed by atoms with E-state index in [1.54, 1.807) is 18.5 Å². The number of aromatic nitrogens is 3. The first-order valence-corrected chi connectivity index (χ1v) is 8.90. The number of carbonyl (C=O) groups excluding carboxylic acids is 1. The zero-order valence-electron chi connectivity index (χ0n) is 15.4. The van der Waals surface area contributed by atoms with Crippen LogP contribution in [0.3, 0.4) is 0 Å². The molecule has 152 valence electrons. The van der Waals surface area contributed by atoms with Gasteiger partial charge in [0.05, 0.1) is 0 Å². The number of hydrogen-bond donors (Lipinski definition) is 2. The van der Waals surface area contributed by atoms with Crippen LogP contribution in [0, 0.1) is 0 Å². The van der Waals surface area contributed by atoms with Crippen molar-refractivity contribution < 1.29 is 22.7 Å². The highest BCUT2D eigenvalue weighted by atomic mass is 19.4. The van der Waals surface area contributed by atoms with Crippen LogP contribution in [0.5, 0.6) is 5.75 Å². The molecule has 0 aliphatic rings. The molecule has 0 radical (unpaired) electrons. The number of halogens is 3. The monoisotopic (exact) mass is 412 g/mol. The van der Waals surface area contributed by atoms with Crippen LogP contribution in [0.2, 0.25) is 0 Å². The maximum atomic E-state index is 12.3. The Morgan fingerprint density at radius 2 is 1.97 bits per heavy atom. The smallest absolute Gasteiger partial charge is 0.406 e. The molecular weight excluding hydrogens is 397 g/mol. The molecule has 1 amide bonds. The van der Waals surface area contributed by atoms with E-state index in [9.17, 15) is 18.0 Å². The molecule has 4 rings (SSSR count). The van der Waals surface area contributed by atoms with Crippen molar-refractivity contribution in [1.82, 2.24) is 15.0 Å². The van der Waals surface area contributed by atoms with E-state index in [2.05, 4.69) is 25.0 Å². The number of amides is 1. The third-order valence-corrected chi connectivity index (χ3v) is 4.33. The second-order valence-electron chi connectivity index (χ2n) is 6.47. The highest BCUT2D eigenvalue weighted by molar-refractivity contribution is 6.04.